The molecular weight excluding hydrogens is 424 g/mol. The molecule has 0 aromatic heterocycles. The molecule has 2 atom stereocenters. The second kappa shape index (κ2) is 15.2. The lowest BCUT2D eigenvalue weighted by Gasteiger charge is -2.28. The minimum absolute atomic E-state index is 0.00908. The normalized spacial score (nSPS) is 19.4. The lowest BCUT2D eigenvalue weighted by Crippen LogP contribution is -2.32. The summed E-state index contributed by atoms with van der Waals surface area (Å²) in [5.41, 5.74) is 0. The molecule has 1 saturated heterocycles. The average molecular weight is 467 g/mol. The summed E-state index contributed by atoms with van der Waals surface area (Å²) < 4.78 is 47.6. The fraction of sp³-hybridized carbons (Fsp3) is 0.955. The monoisotopic (exact) mass is 466 g/mol. The topological polar surface area (TPSA) is 119 Å². The number of ether oxygens (including phenoxy) is 3. The highest BCUT2D eigenvalue weighted by atomic mass is 32.2. The van der Waals surface area contributed by atoms with Gasteiger partial charge in [0.05, 0.1) is 19.1 Å². The van der Waals surface area contributed by atoms with Crippen molar-refractivity contribution in [2.24, 2.45) is 0 Å². The first-order valence-corrected chi connectivity index (χ1v) is 13.4. The van der Waals surface area contributed by atoms with Crippen LogP contribution in [0.25, 0.3) is 0 Å². The number of aliphatic hydroxyl groups is 1. The Morgan fingerprint density at radius 2 is 1.58 bits per heavy atom. The molecule has 8 nitrogen and oxygen atoms in total. The lowest BCUT2D eigenvalue weighted by atomic mass is 9.99. The van der Waals surface area contributed by atoms with Crippen molar-refractivity contribution in [2.75, 3.05) is 19.0 Å². The van der Waals surface area contributed by atoms with Crippen LogP contribution in [0, 0.1) is 0 Å². The van der Waals surface area contributed by atoms with Crippen LogP contribution in [0.1, 0.15) is 97.3 Å². The van der Waals surface area contributed by atoms with E-state index in [4.69, 9.17) is 18.8 Å². The number of carbonyl (C=O) groups is 1. The summed E-state index contributed by atoms with van der Waals surface area (Å²) in [4.78, 5) is 11.8. The van der Waals surface area contributed by atoms with Crippen molar-refractivity contribution in [1.29, 1.82) is 0 Å². The van der Waals surface area contributed by atoms with Gasteiger partial charge in [-0.05, 0) is 12.8 Å². The highest BCUT2D eigenvalue weighted by Crippen LogP contribution is 2.34. The molecule has 1 rings (SSSR count). The van der Waals surface area contributed by atoms with Crippen molar-refractivity contribution in [1.82, 2.24) is 0 Å². The molecule has 1 heterocycles. The molecule has 2 N–H and O–H groups in total. The van der Waals surface area contributed by atoms with Crippen LogP contribution in [-0.2, 0) is 29.1 Å². The third kappa shape index (κ3) is 13.4. The Labute approximate surface area is 187 Å². The molecule has 0 spiro atoms. The van der Waals surface area contributed by atoms with E-state index in [1.165, 1.54) is 38.5 Å². The summed E-state index contributed by atoms with van der Waals surface area (Å²) >= 11 is 0. The van der Waals surface area contributed by atoms with Gasteiger partial charge in [0.2, 0.25) is 0 Å². The van der Waals surface area contributed by atoms with Crippen molar-refractivity contribution in [3.63, 3.8) is 0 Å². The molecule has 2 unspecified atom stereocenters. The smallest absolute Gasteiger partial charge is 0.308 e. The Hall–Kier alpha value is -0.740. The van der Waals surface area contributed by atoms with Crippen molar-refractivity contribution in [2.45, 2.75) is 115 Å². The maximum atomic E-state index is 11.8. The molecular formula is C22H42O8S. The van der Waals surface area contributed by atoms with Crippen LogP contribution in [0.3, 0.4) is 0 Å². The van der Waals surface area contributed by atoms with E-state index < -0.39 is 40.2 Å². The minimum Gasteiger partial charge on any atom is -0.463 e. The number of hydrogen-bond acceptors (Lipinski definition) is 7. The molecule has 184 valence electrons. The second-order valence-corrected chi connectivity index (χ2v) is 10.1. The van der Waals surface area contributed by atoms with Crippen LogP contribution < -0.4 is 0 Å². The van der Waals surface area contributed by atoms with Gasteiger partial charge in [-0.15, -0.1) is 0 Å². The molecule has 0 amide bonds. The van der Waals surface area contributed by atoms with Crippen molar-refractivity contribution < 1.29 is 37.1 Å². The minimum atomic E-state index is -4.35. The summed E-state index contributed by atoms with van der Waals surface area (Å²) in [6.07, 6.45) is 10.9. The van der Waals surface area contributed by atoms with Gasteiger partial charge in [-0.3, -0.25) is 9.35 Å². The van der Waals surface area contributed by atoms with E-state index in [0.717, 1.165) is 38.5 Å². The Morgan fingerprint density at radius 1 is 1.03 bits per heavy atom. The van der Waals surface area contributed by atoms with Crippen molar-refractivity contribution >= 4 is 16.1 Å². The predicted molar refractivity (Wildman–Crippen MR) is 118 cm³/mol. The predicted octanol–water partition coefficient (Wildman–Crippen LogP) is 4.00. The largest absolute Gasteiger partial charge is 0.463 e. The maximum absolute atomic E-state index is 11.8. The van der Waals surface area contributed by atoms with Crippen molar-refractivity contribution in [3.8, 4) is 0 Å². The third-order valence-electron chi connectivity index (χ3n) is 5.47. The zero-order valence-electron chi connectivity index (χ0n) is 19.2. The number of rotatable bonds is 18. The molecule has 31 heavy (non-hydrogen) atoms. The molecule has 0 aromatic carbocycles. The SMILES string of the molecule is CCCCCCCC1(CCCCCCC)OCC(COC(=O)CC(O)CS(=O)(=O)O)O1. The van der Waals surface area contributed by atoms with Gasteiger partial charge in [-0.2, -0.15) is 8.42 Å². The quantitative estimate of drug-likeness (QED) is 0.177. The molecule has 1 aliphatic rings. The van der Waals surface area contributed by atoms with E-state index in [1.54, 1.807) is 0 Å². The van der Waals surface area contributed by atoms with Gasteiger partial charge in [-0.1, -0.05) is 65.2 Å². The molecule has 9 heteroatoms. The average Bonchev–Trinajstić information content (AvgIpc) is 3.08. The Morgan fingerprint density at radius 3 is 2.10 bits per heavy atom. The lowest BCUT2D eigenvalue weighted by molar-refractivity contribution is -0.186. The highest BCUT2D eigenvalue weighted by molar-refractivity contribution is 7.85. The Kier molecular flexibility index (Phi) is 13.8. The van der Waals surface area contributed by atoms with Gasteiger partial charge in [0, 0.05) is 12.8 Å². The first-order valence-electron chi connectivity index (χ1n) is 11.8. The van der Waals surface area contributed by atoms with Gasteiger partial charge >= 0.3 is 5.97 Å². The van der Waals surface area contributed by atoms with Crippen molar-refractivity contribution in [3.05, 3.63) is 0 Å². The summed E-state index contributed by atoms with van der Waals surface area (Å²) in [6.45, 7) is 4.71. The summed E-state index contributed by atoms with van der Waals surface area (Å²) in [7, 11) is -4.35. The number of carbonyl (C=O) groups excluding carboxylic acids is 1. The first-order chi connectivity index (χ1) is 14.7. The van der Waals surface area contributed by atoms with E-state index in [1.807, 2.05) is 0 Å². The zero-order chi connectivity index (χ0) is 23.2. The van der Waals surface area contributed by atoms with E-state index in [-0.39, 0.29) is 12.7 Å². The standard InChI is InChI=1S/C22H42O8S/c1-3-5-7-9-11-13-22(14-12-10-8-6-4-2)29-17-20(30-22)16-28-21(24)15-19(23)18-31(25,26)27/h19-20,23H,3-18H2,1-2H3,(H,25,26,27). The molecule has 0 saturated carbocycles. The number of hydrogen-bond donors (Lipinski definition) is 2. The van der Waals surface area contributed by atoms with Gasteiger partial charge in [0.15, 0.2) is 5.79 Å². The first kappa shape index (κ1) is 28.3. The van der Waals surface area contributed by atoms with Crippen LogP contribution in [-0.4, -0.2) is 61.0 Å². The maximum Gasteiger partial charge on any atom is 0.308 e. The molecule has 0 aliphatic carbocycles. The molecule has 1 fully saturated rings. The van der Waals surface area contributed by atoms with Gasteiger partial charge in [0.1, 0.15) is 18.5 Å². The second-order valence-electron chi connectivity index (χ2n) is 8.58. The molecule has 1 aliphatic heterocycles. The van der Waals surface area contributed by atoms with Gasteiger partial charge in [-0.25, -0.2) is 0 Å². The van der Waals surface area contributed by atoms with Crippen LogP contribution in [0.5, 0.6) is 0 Å². The van der Waals surface area contributed by atoms with Gasteiger partial charge < -0.3 is 19.3 Å². The van der Waals surface area contributed by atoms with E-state index in [2.05, 4.69) is 13.8 Å². The Bertz CT molecular complexity index is 578. The third-order valence-corrected chi connectivity index (χ3v) is 6.28. The number of aliphatic hydroxyl groups excluding tert-OH is 1. The van der Waals surface area contributed by atoms with Crippen LogP contribution >= 0.6 is 0 Å². The summed E-state index contributed by atoms with van der Waals surface area (Å²) in [5, 5.41) is 9.55. The van der Waals surface area contributed by atoms with Crippen LogP contribution in [0.15, 0.2) is 0 Å². The van der Waals surface area contributed by atoms with Crippen LogP contribution in [0.2, 0.25) is 0 Å². The number of unbranched alkanes of at least 4 members (excludes halogenated alkanes) is 8. The number of esters is 1. The fourth-order valence-corrected chi connectivity index (χ4v) is 4.43. The highest BCUT2D eigenvalue weighted by Gasteiger charge is 2.41. The van der Waals surface area contributed by atoms with E-state index in [0.29, 0.717) is 6.61 Å². The van der Waals surface area contributed by atoms with Crippen LogP contribution in [0.4, 0.5) is 0 Å². The molecule has 0 aromatic rings. The summed E-state index contributed by atoms with van der Waals surface area (Å²) in [5.74, 6) is -2.26. The Balaban J connectivity index is 2.46. The molecule has 0 radical (unpaired) electrons. The van der Waals surface area contributed by atoms with E-state index >= 15 is 0 Å². The summed E-state index contributed by atoms with van der Waals surface area (Å²) in [6, 6.07) is 0. The zero-order valence-corrected chi connectivity index (χ0v) is 20.0. The van der Waals surface area contributed by atoms with E-state index in [9.17, 15) is 18.3 Å². The van der Waals surface area contributed by atoms with Gasteiger partial charge in [0.25, 0.3) is 10.1 Å². The molecule has 0 bridgehead atoms. The fourth-order valence-electron chi connectivity index (χ4n) is 3.82.